The van der Waals surface area contributed by atoms with E-state index < -0.39 is 18.0 Å². The Hall–Kier alpha value is -4.41. The zero-order valence-corrected chi connectivity index (χ0v) is 23.5. The highest BCUT2D eigenvalue weighted by Gasteiger charge is 2.33. The number of esters is 2. The lowest BCUT2D eigenvalue weighted by Crippen LogP contribution is -2.39. The molecule has 40 heavy (non-hydrogen) atoms. The first-order valence-corrected chi connectivity index (χ1v) is 13.2. The maximum Gasteiger partial charge on any atom is 0.338 e. The smallest absolute Gasteiger partial charge is 0.338 e. The van der Waals surface area contributed by atoms with E-state index in [2.05, 4.69) is 4.99 Å². The van der Waals surface area contributed by atoms with Crippen LogP contribution in [0.5, 0.6) is 11.5 Å². The predicted octanol–water partition coefficient (Wildman–Crippen LogP) is 4.26. The number of carbonyl (C=O) groups excluding carboxylic acids is 2. The van der Waals surface area contributed by atoms with Crippen molar-refractivity contribution in [2.45, 2.75) is 19.9 Å². The number of allylic oxidation sites excluding steroid dienone is 1. The van der Waals surface area contributed by atoms with E-state index in [9.17, 15) is 14.4 Å². The Labute approximate surface area is 237 Å². The van der Waals surface area contributed by atoms with E-state index in [1.54, 1.807) is 55.5 Å². The van der Waals surface area contributed by atoms with Crippen LogP contribution in [0.2, 0.25) is 5.02 Å². The van der Waals surface area contributed by atoms with Crippen molar-refractivity contribution in [3.63, 3.8) is 0 Å². The Balaban J connectivity index is 1.65. The third-order valence-corrected chi connectivity index (χ3v) is 7.41. The normalized spacial score (nSPS) is 14.9. The number of benzene rings is 2. The number of hydrogen-bond acceptors (Lipinski definition) is 9. The highest BCUT2D eigenvalue weighted by atomic mass is 35.5. The molecule has 0 saturated heterocycles. The van der Waals surface area contributed by atoms with Gasteiger partial charge >= 0.3 is 11.9 Å². The predicted molar refractivity (Wildman–Crippen MR) is 149 cm³/mol. The summed E-state index contributed by atoms with van der Waals surface area (Å²) in [5.41, 5.74) is 1.58. The van der Waals surface area contributed by atoms with Crippen molar-refractivity contribution in [1.82, 2.24) is 4.57 Å². The molecule has 9 nitrogen and oxygen atoms in total. The summed E-state index contributed by atoms with van der Waals surface area (Å²) < 4.78 is 23.5. The van der Waals surface area contributed by atoms with Crippen molar-refractivity contribution in [1.29, 1.82) is 0 Å². The van der Waals surface area contributed by atoms with E-state index in [1.165, 1.54) is 37.0 Å². The van der Waals surface area contributed by atoms with Crippen LogP contribution in [-0.2, 0) is 14.3 Å². The summed E-state index contributed by atoms with van der Waals surface area (Å²) in [6.07, 6.45) is 1.64. The van der Waals surface area contributed by atoms with Gasteiger partial charge in [-0.05, 0) is 48.9 Å². The third kappa shape index (κ3) is 5.11. The molecule has 5 rings (SSSR count). The first-order chi connectivity index (χ1) is 19.2. The number of carbonyl (C=O) groups is 2. The van der Waals surface area contributed by atoms with Crippen LogP contribution in [-0.4, -0.2) is 30.7 Å². The quantitative estimate of drug-likeness (QED) is 0.248. The second-order valence-corrected chi connectivity index (χ2v) is 10.2. The molecule has 0 saturated carbocycles. The summed E-state index contributed by atoms with van der Waals surface area (Å²) in [4.78, 5) is 43.2. The van der Waals surface area contributed by atoms with Crippen molar-refractivity contribution < 1.29 is 28.2 Å². The Bertz CT molecular complexity index is 1870. The number of ether oxygens (including phenoxy) is 3. The molecule has 0 fully saturated rings. The van der Waals surface area contributed by atoms with Gasteiger partial charge in [-0.2, -0.15) is 0 Å². The lowest BCUT2D eigenvalue weighted by Gasteiger charge is -2.25. The first kappa shape index (κ1) is 27.2. The lowest BCUT2D eigenvalue weighted by atomic mass is 9.95. The van der Waals surface area contributed by atoms with Crippen LogP contribution in [0.3, 0.4) is 0 Å². The molecule has 0 N–H and O–H groups in total. The van der Waals surface area contributed by atoms with Gasteiger partial charge < -0.3 is 18.6 Å². The molecule has 0 amide bonds. The van der Waals surface area contributed by atoms with Crippen molar-refractivity contribution in [2.24, 2.45) is 4.99 Å². The topological polar surface area (TPSA) is 109 Å². The van der Waals surface area contributed by atoms with Gasteiger partial charge in [0.1, 0.15) is 11.5 Å². The maximum atomic E-state index is 13.8. The Morgan fingerprint density at radius 1 is 1.10 bits per heavy atom. The van der Waals surface area contributed by atoms with Crippen LogP contribution in [0.4, 0.5) is 0 Å². The molecular formula is C29H23ClN2O7S. The van der Waals surface area contributed by atoms with Crippen LogP contribution in [0.25, 0.3) is 17.4 Å². The van der Waals surface area contributed by atoms with Crippen LogP contribution in [0.1, 0.15) is 31.2 Å². The fourth-order valence-electron chi connectivity index (χ4n) is 4.46. The van der Waals surface area contributed by atoms with Gasteiger partial charge in [0, 0.05) is 23.6 Å². The number of aromatic nitrogens is 1. The summed E-state index contributed by atoms with van der Waals surface area (Å²) in [5, 5.41) is 0.582. The van der Waals surface area contributed by atoms with Crippen molar-refractivity contribution in [3.05, 3.63) is 102 Å². The Morgan fingerprint density at radius 3 is 2.60 bits per heavy atom. The number of furan rings is 1. The second-order valence-electron chi connectivity index (χ2n) is 8.79. The minimum atomic E-state index is -0.871. The number of rotatable bonds is 6. The van der Waals surface area contributed by atoms with E-state index in [1.807, 2.05) is 12.1 Å². The minimum absolute atomic E-state index is 0.199. The first-order valence-electron chi connectivity index (χ1n) is 12.0. The van der Waals surface area contributed by atoms with Gasteiger partial charge in [-0.15, -0.1) is 0 Å². The number of thiazole rings is 1. The standard InChI is InChI=1S/C29H23ClN2O7S/c1-15-25(28(35)37-4)26(18-8-10-22(38-16(2)33)23(13-18)36-3)32-27(34)24(40-29(32)31-15)14-20-9-11-21(39-20)17-6-5-7-19(30)12-17/h5-14,26H,1-4H3/b24-14+/t26-/m1/s1. The van der Waals surface area contributed by atoms with Gasteiger partial charge in [-0.3, -0.25) is 14.2 Å². The number of halogens is 1. The second kappa shape index (κ2) is 11.0. The highest BCUT2D eigenvalue weighted by molar-refractivity contribution is 7.07. The molecule has 1 aliphatic heterocycles. The minimum Gasteiger partial charge on any atom is -0.493 e. The third-order valence-electron chi connectivity index (χ3n) is 6.19. The lowest BCUT2D eigenvalue weighted by molar-refractivity contribution is -0.136. The van der Waals surface area contributed by atoms with E-state index in [-0.39, 0.29) is 22.6 Å². The number of fused-ring (bicyclic) bond motifs is 1. The van der Waals surface area contributed by atoms with E-state index in [4.69, 9.17) is 30.2 Å². The van der Waals surface area contributed by atoms with E-state index >= 15 is 0 Å². The van der Waals surface area contributed by atoms with Gasteiger partial charge in [0.25, 0.3) is 5.56 Å². The Morgan fingerprint density at radius 2 is 1.90 bits per heavy atom. The van der Waals surface area contributed by atoms with Crippen molar-refractivity contribution in [2.75, 3.05) is 14.2 Å². The molecule has 2 aromatic carbocycles. The van der Waals surface area contributed by atoms with Crippen molar-refractivity contribution in [3.8, 4) is 22.8 Å². The summed E-state index contributed by atoms with van der Waals surface area (Å²) in [7, 11) is 2.70. The van der Waals surface area contributed by atoms with E-state index in [0.29, 0.717) is 37.1 Å². The SMILES string of the molecule is COC(=O)C1=C(C)N=c2s/c(=C/c3ccc(-c4cccc(Cl)c4)o3)c(=O)n2[C@@H]1c1ccc(OC(C)=O)c(OC)c1. The highest BCUT2D eigenvalue weighted by Crippen LogP contribution is 2.36. The average molecular weight is 579 g/mol. The summed E-state index contributed by atoms with van der Waals surface area (Å²) >= 11 is 7.28. The molecule has 1 atom stereocenters. The molecule has 204 valence electrons. The Kier molecular flexibility index (Phi) is 7.46. The fourth-order valence-corrected chi connectivity index (χ4v) is 5.67. The maximum absolute atomic E-state index is 13.8. The van der Waals surface area contributed by atoms with Crippen LogP contribution < -0.4 is 24.4 Å². The molecule has 4 aromatic rings. The monoisotopic (exact) mass is 578 g/mol. The molecule has 2 aromatic heterocycles. The van der Waals surface area contributed by atoms with Gasteiger partial charge in [-0.1, -0.05) is 41.1 Å². The van der Waals surface area contributed by atoms with Gasteiger partial charge in [0.05, 0.1) is 36.1 Å². The zero-order valence-electron chi connectivity index (χ0n) is 21.9. The number of methoxy groups -OCH3 is 2. The molecule has 0 aliphatic carbocycles. The van der Waals surface area contributed by atoms with Crippen molar-refractivity contribution >= 4 is 41.0 Å². The summed E-state index contributed by atoms with van der Waals surface area (Å²) in [6.45, 7) is 2.97. The molecule has 1 aliphatic rings. The van der Waals surface area contributed by atoms with Crippen LogP contribution in [0.15, 0.2) is 80.1 Å². The molecular weight excluding hydrogens is 556 g/mol. The van der Waals surface area contributed by atoms with Gasteiger partial charge in [0.15, 0.2) is 16.3 Å². The van der Waals surface area contributed by atoms with Crippen LogP contribution >= 0.6 is 22.9 Å². The van der Waals surface area contributed by atoms with Gasteiger partial charge in [-0.25, -0.2) is 9.79 Å². The fraction of sp³-hybridized carbons (Fsp3) is 0.172. The number of hydrogen-bond donors (Lipinski definition) is 0. The van der Waals surface area contributed by atoms with Gasteiger partial charge in [0.2, 0.25) is 0 Å². The zero-order chi connectivity index (χ0) is 28.6. The number of nitrogens with zero attached hydrogens (tertiary/aromatic N) is 2. The molecule has 3 heterocycles. The largest absolute Gasteiger partial charge is 0.493 e. The molecule has 0 spiro atoms. The summed E-state index contributed by atoms with van der Waals surface area (Å²) in [6, 6.07) is 14.8. The molecule has 0 bridgehead atoms. The average Bonchev–Trinajstić information content (AvgIpc) is 3.52. The summed E-state index contributed by atoms with van der Waals surface area (Å²) in [5.74, 6) is 0.399. The van der Waals surface area contributed by atoms with E-state index in [0.717, 1.165) is 5.56 Å². The molecule has 0 radical (unpaired) electrons. The molecule has 11 heteroatoms. The van der Waals surface area contributed by atoms with Crippen LogP contribution in [0, 0.1) is 0 Å². The molecule has 0 unspecified atom stereocenters.